The molecule has 4 heteroatoms. The van der Waals surface area contributed by atoms with E-state index in [9.17, 15) is 5.11 Å². The minimum atomic E-state index is -1.03. The number of aryl methyl sites for hydroxylation is 1. The number of aliphatic hydroxyl groups is 1. The normalized spacial score (nSPS) is 12.1. The van der Waals surface area contributed by atoms with Crippen LogP contribution in [0.1, 0.15) is 25.1 Å². The first kappa shape index (κ1) is 12.3. The Bertz CT molecular complexity index is 588. The van der Waals surface area contributed by atoms with Crippen molar-refractivity contribution in [1.82, 2.24) is 4.98 Å². The highest BCUT2D eigenvalue weighted by molar-refractivity contribution is 9.10. The molecule has 0 spiro atoms. The molecule has 0 aliphatic rings. The van der Waals surface area contributed by atoms with Crippen molar-refractivity contribution in [3.63, 3.8) is 0 Å². The maximum Gasteiger partial charge on any atom is 0.103 e. The zero-order valence-corrected chi connectivity index (χ0v) is 11.7. The summed E-state index contributed by atoms with van der Waals surface area (Å²) in [5, 5.41) is 11.1. The molecular formula is C13H15BrN2O. The number of hydrogen-bond donors (Lipinski definition) is 2. The van der Waals surface area contributed by atoms with Gasteiger partial charge in [-0.1, -0.05) is 15.9 Å². The van der Waals surface area contributed by atoms with Gasteiger partial charge in [-0.05, 0) is 44.5 Å². The molecule has 0 atom stereocenters. The van der Waals surface area contributed by atoms with Crippen LogP contribution in [0.5, 0.6) is 0 Å². The van der Waals surface area contributed by atoms with Gasteiger partial charge in [0, 0.05) is 9.86 Å². The molecule has 0 unspecified atom stereocenters. The quantitative estimate of drug-likeness (QED) is 0.850. The maximum absolute atomic E-state index is 10.1. The summed E-state index contributed by atoms with van der Waals surface area (Å²) in [4.78, 5) is 4.45. The van der Waals surface area contributed by atoms with E-state index in [1.54, 1.807) is 13.8 Å². The number of halogens is 1. The first-order valence-corrected chi connectivity index (χ1v) is 6.18. The van der Waals surface area contributed by atoms with E-state index in [0.717, 1.165) is 20.9 Å². The van der Waals surface area contributed by atoms with Gasteiger partial charge in [-0.15, -0.1) is 0 Å². The Hall–Kier alpha value is -1.13. The Morgan fingerprint density at radius 3 is 2.59 bits per heavy atom. The van der Waals surface area contributed by atoms with Crippen LogP contribution in [0.25, 0.3) is 10.9 Å². The predicted octanol–water partition coefficient (Wildman–Crippen LogP) is 3.12. The van der Waals surface area contributed by atoms with Gasteiger partial charge < -0.3 is 10.8 Å². The average molecular weight is 295 g/mol. The van der Waals surface area contributed by atoms with Gasteiger partial charge in [0.1, 0.15) is 5.60 Å². The number of rotatable bonds is 1. The zero-order valence-electron chi connectivity index (χ0n) is 10.1. The molecule has 0 aliphatic carbocycles. The van der Waals surface area contributed by atoms with Crippen LogP contribution in [0.15, 0.2) is 22.7 Å². The first-order valence-electron chi connectivity index (χ1n) is 5.39. The first-order chi connectivity index (χ1) is 7.80. The van der Waals surface area contributed by atoms with Crippen molar-refractivity contribution in [3.8, 4) is 0 Å². The number of nitrogen functional groups attached to an aromatic ring is 1. The minimum absolute atomic E-state index is 0.532. The van der Waals surface area contributed by atoms with Crippen LogP contribution in [0.2, 0.25) is 0 Å². The van der Waals surface area contributed by atoms with Gasteiger partial charge in [0.05, 0.1) is 16.9 Å². The number of nitrogens with two attached hydrogens (primary N) is 1. The monoisotopic (exact) mass is 294 g/mol. The molecule has 2 aromatic rings. The number of pyridine rings is 1. The van der Waals surface area contributed by atoms with Crippen LogP contribution in [0.4, 0.5) is 5.69 Å². The highest BCUT2D eigenvalue weighted by Crippen LogP contribution is 2.32. The van der Waals surface area contributed by atoms with Crippen molar-refractivity contribution in [2.45, 2.75) is 26.4 Å². The highest BCUT2D eigenvalue weighted by Gasteiger charge is 2.23. The molecule has 1 aromatic carbocycles. The van der Waals surface area contributed by atoms with Gasteiger partial charge in [-0.3, -0.25) is 0 Å². The number of nitrogens with zero attached hydrogens (tertiary/aromatic N) is 1. The fourth-order valence-electron chi connectivity index (χ4n) is 1.88. The van der Waals surface area contributed by atoms with E-state index in [4.69, 9.17) is 5.73 Å². The summed E-state index contributed by atoms with van der Waals surface area (Å²) in [6.07, 6.45) is 0. The van der Waals surface area contributed by atoms with Crippen LogP contribution in [0, 0.1) is 6.92 Å². The van der Waals surface area contributed by atoms with E-state index in [2.05, 4.69) is 20.9 Å². The zero-order chi connectivity index (χ0) is 12.8. The van der Waals surface area contributed by atoms with Gasteiger partial charge in [-0.2, -0.15) is 0 Å². The standard InChI is InChI=1S/C13H15BrN2O/c1-7-9-6-8(14)4-5-10(9)16-12(11(7)15)13(2,3)17/h4-6,17H,15H2,1-3H3. The Labute approximate surface area is 109 Å². The largest absolute Gasteiger partial charge is 0.397 e. The number of fused-ring (bicyclic) bond motifs is 1. The second-order valence-corrected chi connectivity index (χ2v) is 5.64. The second-order valence-electron chi connectivity index (χ2n) is 4.72. The Morgan fingerprint density at radius 1 is 1.35 bits per heavy atom. The Balaban J connectivity index is 2.85. The van der Waals surface area contributed by atoms with Crippen molar-refractivity contribution in [2.75, 3.05) is 5.73 Å². The molecule has 0 fully saturated rings. The summed E-state index contributed by atoms with van der Waals surface area (Å²) in [5.74, 6) is 0. The molecule has 0 saturated carbocycles. The molecule has 0 amide bonds. The molecule has 0 bridgehead atoms. The smallest absolute Gasteiger partial charge is 0.103 e. The van der Waals surface area contributed by atoms with Crippen LogP contribution in [0.3, 0.4) is 0 Å². The molecule has 90 valence electrons. The van der Waals surface area contributed by atoms with Gasteiger partial charge in [0.2, 0.25) is 0 Å². The fourth-order valence-corrected chi connectivity index (χ4v) is 2.24. The predicted molar refractivity (Wildman–Crippen MR) is 73.8 cm³/mol. The lowest BCUT2D eigenvalue weighted by molar-refractivity contribution is 0.0750. The van der Waals surface area contributed by atoms with Gasteiger partial charge in [-0.25, -0.2) is 4.98 Å². The fraction of sp³-hybridized carbons (Fsp3) is 0.308. The van der Waals surface area contributed by atoms with Crippen molar-refractivity contribution in [2.24, 2.45) is 0 Å². The van der Waals surface area contributed by atoms with Crippen LogP contribution < -0.4 is 5.73 Å². The topological polar surface area (TPSA) is 59.1 Å². The van der Waals surface area contributed by atoms with E-state index < -0.39 is 5.60 Å². The van der Waals surface area contributed by atoms with E-state index in [1.165, 1.54) is 0 Å². The molecule has 0 radical (unpaired) electrons. The Kier molecular flexibility index (Phi) is 2.87. The van der Waals surface area contributed by atoms with Crippen LogP contribution in [-0.2, 0) is 5.60 Å². The molecule has 0 aliphatic heterocycles. The number of benzene rings is 1. The second kappa shape index (κ2) is 3.96. The minimum Gasteiger partial charge on any atom is -0.397 e. The molecule has 1 heterocycles. The summed E-state index contributed by atoms with van der Waals surface area (Å²) < 4.78 is 0.991. The molecular weight excluding hydrogens is 280 g/mol. The molecule has 3 nitrogen and oxygen atoms in total. The van der Waals surface area contributed by atoms with E-state index in [1.807, 2.05) is 25.1 Å². The molecule has 17 heavy (non-hydrogen) atoms. The summed E-state index contributed by atoms with van der Waals surface area (Å²) in [7, 11) is 0. The third-order valence-corrected chi connectivity index (χ3v) is 3.33. The van der Waals surface area contributed by atoms with E-state index in [-0.39, 0.29) is 0 Å². The van der Waals surface area contributed by atoms with Crippen molar-refractivity contribution in [3.05, 3.63) is 33.9 Å². The third kappa shape index (κ3) is 2.15. The lowest BCUT2D eigenvalue weighted by Gasteiger charge is -2.21. The number of anilines is 1. The van der Waals surface area contributed by atoms with Crippen molar-refractivity contribution >= 4 is 32.5 Å². The van der Waals surface area contributed by atoms with Crippen LogP contribution >= 0.6 is 15.9 Å². The lowest BCUT2D eigenvalue weighted by Crippen LogP contribution is -2.20. The molecule has 1 aromatic heterocycles. The van der Waals surface area contributed by atoms with E-state index >= 15 is 0 Å². The van der Waals surface area contributed by atoms with Gasteiger partial charge in [0.25, 0.3) is 0 Å². The van der Waals surface area contributed by atoms with Crippen molar-refractivity contribution < 1.29 is 5.11 Å². The summed E-state index contributed by atoms with van der Waals surface area (Å²) in [5.41, 5.74) is 7.90. The van der Waals surface area contributed by atoms with Gasteiger partial charge in [0.15, 0.2) is 0 Å². The maximum atomic E-state index is 10.1. The number of aromatic nitrogens is 1. The summed E-state index contributed by atoms with van der Waals surface area (Å²) >= 11 is 3.43. The van der Waals surface area contributed by atoms with E-state index in [0.29, 0.717) is 11.4 Å². The van der Waals surface area contributed by atoms with Gasteiger partial charge >= 0.3 is 0 Å². The highest BCUT2D eigenvalue weighted by atomic mass is 79.9. The summed E-state index contributed by atoms with van der Waals surface area (Å²) in [6, 6.07) is 5.84. The third-order valence-electron chi connectivity index (χ3n) is 2.83. The lowest BCUT2D eigenvalue weighted by atomic mass is 9.98. The van der Waals surface area contributed by atoms with Crippen molar-refractivity contribution in [1.29, 1.82) is 0 Å². The molecule has 0 saturated heterocycles. The summed E-state index contributed by atoms with van der Waals surface area (Å²) in [6.45, 7) is 5.33. The number of hydrogen-bond acceptors (Lipinski definition) is 3. The molecule has 2 rings (SSSR count). The van der Waals surface area contributed by atoms with Crippen LogP contribution in [-0.4, -0.2) is 10.1 Å². The SMILES string of the molecule is Cc1c(N)c(C(C)(C)O)nc2ccc(Br)cc12. The molecule has 3 N–H and O–H groups in total. The average Bonchev–Trinajstić information content (AvgIpc) is 2.22. The Morgan fingerprint density at radius 2 is 2.00 bits per heavy atom.